The van der Waals surface area contributed by atoms with Crippen molar-refractivity contribution < 1.29 is 9.53 Å². The van der Waals surface area contributed by atoms with Crippen LogP contribution in [0.5, 0.6) is 0 Å². The molecule has 0 atom stereocenters. The third kappa shape index (κ3) is 5.33. The fourth-order valence-corrected chi connectivity index (χ4v) is 5.74. The third-order valence-corrected chi connectivity index (χ3v) is 7.33. The Kier molecular flexibility index (Phi) is 7.50. The van der Waals surface area contributed by atoms with Gasteiger partial charge in [-0.15, -0.1) is 11.3 Å². The standard InChI is InChI=1S/C22H22BrClN4O2S2/c1-2-30-21(29)18-15-5-3-4-6-17(15)32-20(18)26-22(31)25-19-16(23)12-28(27-19)11-13-7-9-14(24)10-8-13/h7-10,12H,2-6,11H2,1H3,(H2,25,26,27,31). The number of aryl methyl sites for hydroxylation is 1. The molecule has 1 aromatic carbocycles. The summed E-state index contributed by atoms with van der Waals surface area (Å²) in [5.74, 6) is 0.293. The highest BCUT2D eigenvalue weighted by atomic mass is 79.9. The number of rotatable bonds is 6. The van der Waals surface area contributed by atoms with E-state index in [4.69, 9.17) is 28.6 Å². The number of halogens is 2. The predicted octanol–water partition coefficient (Wildman–Crippen LogP) is 6.27. The average molecular weight is 554 g/mol. The largest absolute Gasteiger partial charge is 0.462 e. The van der Waals surface area contributed by atoms with Crippen LogP contribution in [-0.4, -0.2) is 27.5 Å². The van der Waals surface area contributed by atoms with Gasteiger partial charge in [0.05, 0.1) is 23.2 Å². The quantitative estimate of drug-likeness (QED) is 0.277. The van der Waals surface area contributed by atoms with Gasteiger partial charge in [-0.05, 0) is 84.0 Å². The van der Waals surface area contributed by atoms with E-state index >= 15 is 0 Å². The molecule has 0 aliphatic heterocycles. The first kappa shape index (κ1) is 23.2. The lowest BCUT2D eigenvalue weighted by atomic mass is 9.95. The zero-order valence-corrected chi connectivity index (χ0v) is 21.4. The number of fused-ring (bicyclic) bond motifs is 1. The van der Waals surface area contributed by atoms with Crippen molar-refractivity contribution in [1.29, 1.82) is 0 Å². The van der Waals surface area contributed by atoms with E-state index in [0.29, 0.717) is 34.7 Å². The molecule has 4 rings (SSSR count). The van der Waals surface area contributed by atoms with Crippen molar-refractivity contribution in [1.82, 2.24) is 9.78 Å². The molecule has 10 heteroatoms. The van der Waals surface area contributed by atoms with Gasteiger partial charge < -0.3 is 15.4 Å². The Morgan fingerprint density at radius 2 is 2.03 bits per heavy atom. The number of benzene rings is 1. The minimum atomic E-state index is -0.300. The maximum atomic E-state index is 12.6. The molecule has 0 saturated heterocycles. The summed E-state index contributed by atoms with van der Waals surface area (Å²) in [4.78, 5) is 13.9. The molecule has 0 unspecified atom stereocenters. The van der Waals surface area contributed by atoms with Gasteiger partial charge in [0.1, 0.15) is 5.00 Å². The van der Waals surface area contributed by atoms with Crippen molar-refractivity contribution in [3.05, 3.63) is 61.5 Å². The van der Waals surface area contributed by atoms with Gasteiger partial charge in [-0.1, -0.05) is 23.7 Å². The Bertz CT molecular complexity index is 1140. The number of thiophene rings is 1. The molecule has 0 bridgehead atoms. The number of hydrogen-bond acceptors (Lipinski definition) is 5. The number of carbonyl (C=O) groups excluding carboxylic acids is 1. The Hall–Kier alpha value is -1.94. The van der Waals surface area contributed by atoms with Gasteiger partial charge in [-0.3, -0.25) is 4.68 Å². The molecule has 32 heavy (non-hydrogen) atoms. The van der Waals surface area contributed by atoms with Gasteiger partial charge in [0.2, 0.25) is 0 Å². The average Bonchev–Trinajstić information content (AvgIpc) is 3.29. The number of hydrogen-bond donors (Lipinski definition) is 2. The molecule has 168 valence electrons. The molecule has 0 radical (unpaired) electrons. The topological polar surface area (TPSA) is 68.2 Å². The van der Waals surface area contributed by atoms with E-state index in [1.165, 1.54) is 4.88 Å². The van der Waals surface area contributed by atoms with E-state index in [-0.39, 0.29) is 5.97 Å². The van der Waals surface area contributed by atoms with Crippen molar-refractivity contribution in [2.24, 2.45) is 0 Å². The predicted molar refractivity (Wildman–Crippen MR) is 137 cm³/mol. The highest BCUT2D eigenvalue weighted by molar-refractivity contribution is 9.10. The van der Waals surface area contributed by atoms with Gasteiger partial charge in [-0.2, -0.15) is 5.10 Å². The number of carbonyl (C=O) groups is 1. The first-order chi connectivity index (χ1) is 15.4. The summed E-state index contributed by atoms with van der Waals surface area (Å²) in [7, 11) is 0. The zero-order chi connectivity index (χ0) is 22.7. The second kappa shape index (κ2) is 10.3. The Morgan fingerprint density at radius 1 is 1.28 bits per heavy atom. The van der Waals surface area contributed by atoms with E-state index in [0.717, 1.165) is 46.3 Å². The van der Waals surface area contributed by atoms with Crippen molar-refractivity contribution in [3.63, 3.8) is 0 Å². The minimum absolute atomic E-state index is 0.300. The summed E-state index contributed by atoms with van der Waals surface area (Å²) in [5.41, 5.74) is 2.79. The highest BCUT2D eigenvalue weighted by Crippen LogP contribution is 2.38. The van der Waals surface area contributed by atoms with Crippen LogP contribution in [0.1, 0.15) is 46.1 Å². The van der Waals surface area contributed by atoms with Crippen LogP contribution in [0.4, 0.5) is 10.8 Å². The van der Waals surface area contributed by atoms with Crippen LogP contribution in [0, 0.1) is 0 Å². The lowest BCUT2D eigenvalue weighted by molar-refractivity contribution is 0.0526. The Labute approximate surface area is 209 Å². The molecule has 2 heterocycles. The summed E-state index contributed by atoms with van der Waals surface area (Å²) in [6.07, 6.45) is 5.97. The molecule has 0 amide bonds. The number of thiocarbonyl (C=S) groups is 1. The van der Waals surface area contributed by atoms with Gasteiger partial charge in [-0.25, -0.2) is 4.79 Å². The SMILES string of the molecule is CCOC(=O)c1c(NC(=S)Nc2nn(Cc3ccc(Cl)cc3)cc2Br)sc2c1CCCC2. The molecule has 1 aliphatic rings. The minimum Gasteiger partial charge on any atom is -0.462 e. The molecular formula is C22H22BrClN4O2S2. The fourth-order valence-electron chi connectivity index (χ4n) is 3.65. The normalized spacial score (nSPS) is 12.8. The highest BCUT2D eigenvalue weighted by Gasteiger charge is 2.27. The maximum Gasteiger partial charge on any atom is 0.341 e. The van der Waals surface area contributed by atoms with Crippen molar-refractivity contribution in [2.75, 3.05) is 17.2 Å². The first-order valence-electron chi connectivity index (χ1n) is 10.3. The molecule has 0 spiro atoms. The van der Waals surface area contributed by atoms with Crippen molar-refractivity contribution >= 4 is 73.0 Å². The summed E-state index contributed by atoms with van der Waals surface area (Å²) >= 11 is 16.6. The number of nitrogens with one attached hydrogen (secondary N) is 2. The zero-order valence-electron chi connectivity index (χ0n) is 17.4. The van der Waals surface area contributed by atoms with Crippen LogP contribution < -0.4 is 10.6 Å². The van der Waals surface area contributed by atoms with E-state index in [1.54, 1.807) is 11.3 Å². The van der Waals surface area contributed by atoms with Crippen LogP contribution in [0.25, 0.3) is 0 Å². The first-order valence-corrected chi connectivity index (χ1v) is 12.7. The van der Waals surface area contributed by atoms with Gasteiger partial charge in [0.25, 0.3) is 0 Å². The van der Waals surface area contributed by atoms with Gasteiger partial charge >= 0.3 is 5.97 Å². The smallest absolute Gasteiger partial charge is 0.341 e. The molecule has 2 aromatic heterocycles. The van der Waals surface area contributed by atoms with Crippen LogP contribution in [0.3, 0.4) is 0 Å². The number of ether oxygens (including phenoxy) is 1. The van der Waals surface area contributed by atoms with Crippen molar-refractivity contribution in [2.45, 2.75) is 39.2 Å². The lowest BCUT2D eigenvalue weighted by Gasteiger charge is -2.13. The van der Waals surface area contributed by atoms with Crippen LogP contribution in [-0.2, 0) is 24.1 Å². The molecule has 1 aliphatic carbocycles. The summed E-state index contributed by atoms with van der Waals surface area (Å²) < 4.78 is 7.91. The van der Waals surface area contributed by atoms with E-state index in [9.17, 15) is 4.79 Å². The number of nitrogens with zero attached hydrogens (tertiary/aromatic N) is 2. The van der Waals surface area contributed by atoms with Crippen molar-refractivity contribution in [3.8, 4) is 0 Å². The van der Waals surface area contributed by atoms with E-state index < -0.39 is 0 Å². The number of anilines is 2. The maximum absolute atomic E-state index is 12.6. The van der Waals surface area contributed by atoms with Crippen LogP contribution in [0.15, 0.2) is 34.9 Å². The molecule has 2 N–H and O–H groups in total. The molecule has 0 fully saturated rings. The van der Waals surface area contributed by atoms with Gasteiger partial charge in [0, 0.05) is 16.1 Å². The molecular weight excluding hydrogens is 532 g/mol. The Morgan fingerprint density at radius 3 is 2.78 bits per heavy atom. The molecule has 0 saturated carbocycles. The lowest BCUT2D eigenvalue weighted by Crippen LogP contribution is -2.21. The molecule has 6 nitrogen and oxygen atoms in total. The van der Waals surface area contributed by atoms with Gasteiger partial charge in [0.15, 0.2) is 10.9 Å². The van der Waals surface area contributed by atoms with E-state index in [2.05, 4.69) is 31.7 Å². The van der Waals surface area contributed by atoms with Crippen LogP contribution >= 0.6 is 51.1 Å². The summed E-state index contributed by atoms with van der Waals surface area (Å²) in [6, 6.07) is 7.64. The second-order valence-corrected chi connectivity index (χ2v) is 10.2. The van der Waals surface area contributed by atoms with Crippen LogP contribution in [0.2, 0.25) is 5.02 Å². The Balaban J connectivity index is 1.48. The van der Waals surface area contributed by atoms with E-state index in [1.807, 2.05) is 42.1 Å². The monoisotopic (exact) mass is 552 g/mol. The summed E-state index contributed by atoms with van der Waals surface area (Å²) in [6.45, 7) is 2.75. The fraction of sp³-hybridized carbons (Fsp3) is 0.318. The molecule has 3 aromatic rings. The number of esters is 1. The number of aromatic nitrogens is 2. The summed E-state index contributed by atoms with van der Waals surface area (Å²) in [5, 5.41) is 12.7. The third-order valence-electron chi connectivity index (χ3n) is 5.08. The second-order valence-electron chi connectivity index (χ2n) is 7.36.